The first-order chi connectivity index (χ1) is 16.2. The normalized spacial score (nSPS) is 19.9. The monoisotopic (exact) mass is 523 g/mol. The maximum atomic E-state index is 13.3. The summed E-state index contributed by atoms with van der Waals surface area (Å²) in [6, 6.07) is 11.2. The van der Waals surface area contributed by atoms with E-state index in [1.807, 2.05) is 4.90 Å². The van der Waals surface area contributed by atoms with E-state index in [2.05, 4.69) is 36.9 Å². The van der Waals surface area contributed by atoms with Gasteiger partial charge in [-0.3, -0.25) is 4.79 Å². The lowest BCUT2D eigenvalue weighted by atomic mass is 9.97. The highest BCUT2D eigenvalue weighted by atomic mass is 35.5. The Morgan fingerprint density at radius 3 is 2.44 bits per heavy atom. The quantitative estimate of drug-likeness (QED) is 0.578. The number of nitrogens with zero attached hydrogens (tertiary/aromatic N) is 3. The number of sulfonamides is 1. The number of piperidine rings is 1. The van der Waals surface area contributed by atoms with Crippen molar-refractivity contribution in [3.05, 3.63) is 63.1 Å². The topological polar surface area (TPSA) is 60.9 Å². The summed E-state index contributed by atoms with van der Waals surface area (Å²) in [6.07, 6.45) is 1.40. The number of aryl methyl sites for hydroxylation is 1. The predicted molar refractivity (Wildman–Crippen MR) is 138 cm³/mol. The predicted octanol–water partition coefficient (Wildman–Crippen LogP) is 4.50. The Hall–Kier alpha value is -1.80. The standard InChI is InChI=1S/C25H31Cl2N3O3S/c1-18-5-3-7-24(19(18)2)28-11-13-29(14-12-28)25(31)21-6-4-10-30(16-21)34(32,33)17-20-8-9-22(26)23(27)15-20/h3,5,7-9,15,21H,4,6,10-14,16-17H2,1-2H3/t21-/m1/s1. The van der Waals surface area contributed by atoms with E-state index in [9.17, 15) is 13.2 Å². The number of anilines is 1. The summed E-state index contributed by atoms with van der Waals surface area (Å²) in [7, 11) is -3.56. The fourth-order valence-electron chi connectivity index (χ4n) is 4.83. The molecule has 0 aliphatic carbocycles. The number of hydrogen-bond donors (Lipinski definition) is 0. The van der Waals surface area contributed by atoms with Gasteiger partial charge in [0.2, 0.25) is 15.9 Å². The van der Waals surface area contributed by atoms with Gasteiger partial charge in [-0.25, -0.2) is 12.7 Å². The van der Waals surface area contributed by atoms with Crippen LogP contribution in [-0.4, -0.2) is 62.8 Å². The van der Waals surface area contributed by atoms with Gasteiger partial charge in [0.05, 0.1) is 21.7 Å². The maximum absolute atomic E-state index is 13.3. The van der Waals surface area contributed by atoms with Crippen molar-refractivity contribution in [1.82, 2.24) is 9.21 Å². The zero-order chi connectivity index (χ0) is 24.5. The average Bonchev–Trinajstić information content (AvgIpc) is 2.83. The molecule has 1 atom stereocenters. The first-order valence-electron chi connectivity index (χ1n) is 11.7. The summed E-state index contributed by atoms with van der Waals surface area (Å²) in [6.45, 7) is 7.79. The molecule has 4 rings (SSSR count). The zero-order valence-electron chi connectivity index (χ0n) is 19.6. The molecule has 0 N–H and O–H groups in total. The second-order valence-electron chi connectivity index (χ2n) is 9.23. The molecule has 0 radical (unpaired) electrons. The van der Waals surface area contributed by atoms with E-state index in [1.54, 1.807) is 18.2 Å². The van der Waals surface area contributed by atoms with Crippen LogP contribution in [0.5, 0.6) is 0 Å². The summed E-state index contributed by atoms with van der Waals surface area (Å²) < 4.78 is 27.6. The second-order valence-corrected chi connectivity index (χ2v) is 12.0. The minimum atomic E-state index is -3.56. The number of rotatable bonds is 5. The van der Waals surface area contributed by atoms with Gasteiger partial charge < -0.3 is 9.80 Å². The molecule has 2 aliphatic heterocycles. The van der Waals surface area contributed by atoms with Crippen LogP contribution in [0.1, 0.15) is 29.5 Å². The van der Waals surface area contributed by atoms with Gasteiger partial charge in [-0.2, -0.15) is 0 Å². The van der Waals surface area contributed by atoms with E-state index in [0.717, 1.165) is 19.5 Å². The van der Waals surface area contributed by atoms with Crippen LogP contribution in [0, 0.1) is 19.8 Å². The van der Waals surface area contributed by atoms with Crippen molar-refractivity contribution in [2.24, 2.45) is 5.92 Å². The molecule has 2 aliphatic rings. The molecule has 0 spiro atoms. The highest BCUT2D eigenvalue weighted by molar-refractivity contribution is 7.88. The van der Waals surface area contributed by atoms with Crippen molar-refractivity contribution in [1.29, 1.82) is 0 Å². The Bertz CT molecular complexity index is 1160. The van der Waals surface area contributed by atoms with E-state index < -0.39 is 10.0 Å². The zero-order valence-corrected chi connectivity index (χ0v) is 22.0. The second kappa shape index (κ2) is 10.4. The molecule has 2 aromatic carbocycles. The number of halogens is 2. The Balaban J connectivity index is 1.37. The lowest BCUT2D eigenvalue weighted by Gasteiger charge is -2.40. The SMILES string of the molecule is Cc1cccc(N2CCN(C(=O)[C@@H]3CCCN(S(=O)(=O)Cc4ccc(Cl)c(Cl)c4)C3)CC2)c1C. The lowest BCUT2D eigenvalue weighted by Crippen LogP contribution is -2.53. The Morgan fingerprint density at radius 1 is 1.00 bits per heavy atom. The fraction of sp³-hybridized carbons (Fsp3) is 0.480. The number of carbonyl (C=O) groups is 1. The third-order valence-corrected chi connectivity index (χ3v) is 9.52. The van der Waals surface area contributed by atoms with Gasteiger partial charge in [-0.1, -0.05) is 41.4 Å². The van der Waals surface area contributed by atoms with Gasteiger partial charge >= 0.3 is 0 Å². The Labute approximate surface area is 212 Å². The highest BCUT2D eigenvalue weighted by Gasteiger charge is 2.35. The first-order valence-corrected chi connectivity index (χ1v) is 14.0. The molecule has 2 saturated heterocycles. The fourth-order valence-corrected chi connectivity index (χ4v) is 6.75. The molecule has 0 unspecified atom stereocenters. The average molecular weight is 525 g/mol. The van der Waals surface area contributed by atoms with Gasteiger partial charge in [0.1, 0.15) is 0 Å². The van der Waals surface area contributed by atoms with Crippen LogP contribution in [0.4, 0.5) is 5.69 Å². The summed E-state index contributed by atoms with van der Waals surface area (Å²) >= 11 is 12.0. The summed E-state index contributed by atoms with van der Waals surface area (Å²) in [5.41, 5.74) is 4.35. The van der Waals surface area contributed by atoms with Gasteiger partial charge in [-0.05, 0) is 61.6 Å². The van der Waals surface area contributed by atoms with Crippen LogP contribution in [-0.2, 0) is 20.6 Å². The summed E-state index contributed by atoms with van der Waals surface area (Å²) in [5.74, 6) is -0.390. The molecule has 2 heterocycles. The van der Waals surface area contributed by atoms with E-state index >= 15 is 0 Å². The largest absolute Gasteiger partial charge is 0.368 e. The number of carbonyl (C=O) groups excluding carboxylic acids is 1. The number of hydrogen-bond acceptors (Lipinski definition) is 4. The van der Waals surface area contributed by atoms with Crippen molar-refractivity contribution >= 4 is 44.8 Å². The summed E-state index contributed by atoms with van der Waals surface area (Å²) in [4.78, 5) is 17.5. The molecule has 184 valence electrons. The number of piperazine rings is 1. The molecular weight excluding hydrogens is 493 g/mol. The Morgan fingerprint density at radius 2 is 1.74 bits per heavy atom. The van der Waals surface area contributed by atoms with Crippen molar-refractivity contribution in [3.8, 4) is 0 Å². The molecule has 0 saturated carbocycles. The minimum Gasteiger partial charge on any atom is -0.368 e. The molecule has 0 bridgehead atoms. The van der Waals surface area contributed by atoms with Crippen LogP contribution >= 0.6 is 23.2 Å². The third kappa shape index (κ3) is 5.54. The van der Waals surface area contributed by atoms with E-state index in [4.69, 9.17) is 23.2 Å². The van der Waals surface area contributed by atoms with Crippen LogP contribution in [0.15, 0.2) is 36.4 Å². The molecule has 9 heteroatoms. The van der Waals surface area contributed by atoms with E-state index in [1.165, 1.54) is 21.1 Å². The van der Waals surface area contributed by atoms with Crippen molar-refractivity contribution < 1.29 is 13.2 Å². The molecular formula is C25H31Cl2N3O3S. The lowest BCUT2D eigenvalue weighted by molar-refractivity contribution is -0.137. The molecule has 2 fully saturated rings. The molecule has 2 aromatic rings. The minimum absolute atomic E-state index is 0.0649. The molecule has 34 heavy (non-hydrogen) atoms. The van der Waals surface area contributed by atoms with Crippen molar-refractivity contribution in [2.75, 3.05) is 44.2 Å². The first kappa shape index (κ1) is 25.3. The number of amides is 1. The summed E-state index contributed by atoms with van der Waals surface area (Å²) in [5, 5.41) is 0.727. The molecule has 6 nitrogen and oxygen atoms in total. The van der Waals surface area contributed by atoms with E-state index in [-0.39, 0.29) is 24.1 Å². The van der Waals surface area contributed by atoms with Crippen molar-refractivity contribution in [2.45, 2.75) is 32.4 Å². The maximum Gasteiger partial charge on any atom is 0.227 e. The third-order valence-electron chi connectivity index (χ3n) is 6.97. The van der Waals surface area contributed by atoms with Gasteiger partial charge in [0.15, 0.2) is 0 Å². The van der Waals surface area contributed by atoms with Crippen LogP contribution in [0.2, 0.25) is 10.0 Å². The molecule has 1 amide bonds. The van der Waals surface area contributed by atoms with Crippen molar-refractivity contribution in [3.63, 3.8) is 0 Å². The van der Waals surface area contributed by atoms with E-state index in [0.29, 0.717) is 41.7 Å². The molecule has 0 aromatic heterocycles. The van der Waals surface area contributed by atoms with Gasteiger partial charge in [-0.15, -0.1) is 0 Å². The highest BCUT2D eigenvalue weighted by Crippen LogP contribution is 2.28. The van der Waals surface area contributed by atoms with Gasteiger partial charge in [0, 0.05) is 45.0 Å². The van der Waals surface area contributed by atoms with Crippen LogP contribution in [0.3, 0.4) is 0 Å². The Kier molecular flexibility index (Phi) is 7.77. The number of benzene rings is 2. The van der Waals surface area contributed by atoms with Gasteiger partial charge in [0.25, 0.3) is 0 Å². The van der Waals surface area contributed by atoms with Crippen LogP contribution in [0.25, 0.3) is 0 Å². The smallest absolute Gasteiger partial charge is 0.227 e. The van der Waals surface area contributed by atoms with Crippen LogP contribution < -0.4 is 4.90 Å².